The molecule has 0 aliphatic heterocycles. The summed E-state index contributed by atoms with van der Waals surface area (Å²) in [6, 6.07) is 53.9. The lowest BCUT2D eigenvalue weighted by Gasteiger charge is -2.25. The second-order valence-electron chi connectivity index (χ2n) is 14.1. The number of aromatic nitrogens is 3. The largest absolute Gasteiger partial charge is 0.212 e. The van der Waals surface area contributed by atoms with Crippen molar-refractivity contribution in [2.45, 2.75) is 12.3 Å². The Bertz CT molecular complexity index is 3010. The number of nitrogens with zero attached hydrogens (tertiary/aromatic N) is 3. The van der Waals surface area contributed by atoms with Crippen LogP contribution in [0.25, 0.3) is 90.0 Å². The molecule has 2 aromatic heterocycles. The van der Waals surface area contributed by atoms with Crippen molar-refractivity contribution in [2.75, 3.05) is 0 Å². The van der Waals surface area contributed by atoms with E-state index < -0.39 is 0 Å². The zero-order chi connectivity index (χ0) is 36.9. The van der Waals surface area contributed by atoms with Gasteiger partial charge in [0.1, 0.15) is 5.82 Å². The van der Waals surface area contributed by atoms with Crippen LogP contribution in [0, 0.1) is 0 Å². The van der Waals surface area contributed by atoms with Crippen molar-refractivity contribution < 1.29 is 0 Å². The second-order valence-corrected chi connectivity index (χ2v) is 15.2. The van der Waals surface area contributed by atoms with Gasteiger partial charge in [0, 0.05) is 20.9 Å². The standard InChI is InChI=1S/C51H35N3S/c1-3-44-46(4-2)55-47-31-43(40-20-18-33-14-8-10-16-35(33)26-40)30-45(48(44)47)51-53-49(41-24-19-34-15-9-11-17-36(34)28-41)52-50(54-51)42-25-23-38-27-37(21-22-39(38)29-42)32-12-6-5-7-13-32/h3-29,31,45H,1-2,30H2. The van der Waals surface area contributed by atoms with Crippen LogP contribution in [0.15, 0.2) is 165 Å². The Hall–Kier alpha value is -6.75. The summed E-state index contributed by atoms with van der Waals surface area (Å²) < 4.78 is 0. The Kier molecular flexibility index (Phi) is 8.12. The van der Waals surface area contributed by atoms with E-state index in [2.05, 4.69) is 171 Å². The zero-order valence-corrected chi connectivity index (χ0v) is 30.9. The molecule has 260 valence electrons. The van der Waals surface area contributed by atoms with Gasteiger partial charge in [-0.2, -0.15) is 0 Å². The number of thiophene rings is 1. The van der Waals surface area contributed by atoms with Crippen LogP contribution in [-0.2, 0) is 0 Å². The lowest BCUT2D eigenvalue weighted by molar-refractivity contribution is 0.751. The first kappa shape index (κ1) is 32.9. The molecule has 0 N–H and O–H groups in total. The highest BCUT2D eigenvalue weighted by Gasteiger charge is 2.32. The van der Waals surface area contributed by atoms with E-state index in [-0.39, 0.29) is 5.92 Å². The molecular weight excluding hydrogens is 687 g/mol. The monoisotopic (exact) mass is 721 g/mol. The van der Waals surface area contributed by atoms with Gasteiger partial charge in [0.05, 0.1) is 5.92 Å². The minimum absolute atomic E-state index is 0.130. The van der Waals surface area contributed by atoms with E-state index in [1.165, 1.54) is 54.2 Å². The molecule has 1 aliphatic rings. The van der Waals surface area contributed by atoms with Crippen LogP contribution >= 0.6 is 11.3 Å². The Balaban J connectivity index is 1.15. The van der Waals surface area contributed by atoms with Gasteiger partial charge in [-0.25, -0.2) is 15.0 Å². The summed E-state index contributed by atoms with van der Waals surface area (Å²) in [5.74, 6) is 1.93. The van der Waals surface area contributed by atoms with Gasteiger partial charge in [-0.15, -0.1) is 11.3 Å². The summed E-state index contributed by atoms with van der Waals surface area (Å²) in [5, 5.41) is 7.08. The van der Waals surface area contributed by atoms with Crippen molar-refractivity contribution in [3.63, 3.8) is 0 Å². The normalized spacial score (nSPS) is 13.8. The first-order valence-corrected chi connectivity index (χ1v) is 19.4. The van der Waals surface area contributed by atoms with Gasteiger partial charge in [-0.1, -0.05) is 153 Å². The third-order valence-electron chi connectivity index (χ3n) is 10.8. The number of fused-ring (bicyclic) bond motifs is 4. The van der Waals surface area contributed by atoms with Gasteiger partial charge in [0.2, 0.25) is 0 Å². The smallest absolute Gasteiger partial charge is 0.163 e. The van der Waals surface area contributed by atoms with Crippen molar-refractivity contribution in [2.24, 2.45) is 0 Å². The molecule has 55 heavy (non-hydrogen) atoms. The number of hydrogen-bond donors (Lipinski definition) is 0. The summed E-state index contributed by atoms with van der Waals surface area (Å²) in [4.78, 5) is 18.2. The van der Waals surface area contributed by atoms with E-state index in [0.717, 1.165) is 44.6 Å². The molecule has 1 aliphatic carbocycles. The van der Waals surface area contributed by atoms with Crippen LogP contribution in [0.4, 0.5) is 0 Å². The van der Waals surface area contributed by atoms with Gasteiger partial charge in [-0.05, 0) is 102 Å². The maximum absolute atomic E-state index is 5.37. The number of hydrogen-bond acceptors (Lipinski definition) is 4. The van der Waals surface area contributed by atoms with Crippen molar-refractivity contribution in [1.29, 1.82) is 0 Å². The van der Waals surface area contributed by atoms with Gasteiger partial charge in [-0.3, -0.25) is 0 Å². The molecule has 9 aromatic rings. The molecule has 0 saturated carbocycles. The quantitative estimate of drug-likeness (QED) is 0.164. The molecule has 0 fully saturated rings. The Morgan fingerprint density at radius 3 is 1.62 bits per heavy atom. The van der Waals surface area contributed by atoms with E-state index in [1.807, 2.05) is 12.2 Å². The SMILES string of the molecule is C=Cc1sc2c(c1C=C)C(c1nc(-c3ccc4ccccc4c3)nc(-c3ccc4cc(-c5ccccc5)ccc4c3)n1)CC(c1ccc3ccccc3c1)=C2. The predicted octanol–water partition coefficient (Wildman–Crippen LogP) is 13.8. The molecule has 1 unspecified atom stereocenters. The van der Waals surface area contributed by atoms with Crippen molar-refractivity contribution in [1.82, 2.24) is 15.0 Å². The van der Waals surface area contributed by atoms with E-state index in [4.69, 9.17) is 15.0 Å². The van der Waals surface area contributed by atoms with Crippen LogP contribution in [0.3, 0.4) is 0 Å². The van der Waals surface area contributed by atoms with E-state index in [9.17, 15) is 0 Å². The Morgan fingerprint density at radius 1 is 0.491 bits per heavy atom. The van der Waals surface area contributed by atoms with Crippen LogP contribution in [-0.4, -0.2) is 15.0 Å². The molecule has 0 spiro atoms. The molecule has 7 aromatic carbocycles. The maximum Gasteiger partial charge on any atom is 0.163 e. The molecule has 0 amide bonds. The predicted molar refractivity (Wildman–Crippen MR) is 234 cm³/mol. The van der Waals surface area contributed by atoms with Gasteiger partial charge >= 0.3 is 0 Å². The molecule has 0 radical (unpaired) electrons. The minimum Gasteiger partial charge on any atom is -0.212 e. The molecule has 2 heterocycles. The highest BCUT2D eigenvalue weighted by Crippen LogP contribution is 2.48. The molecular formula is C51H35N3S. The average Bonchev–Trinajstić information content (AvgIpc) is 3.63. The first-order valence-electron chi connectivity index (χ1n) is 18.6. The fourth-order valence-electron chi connectivity index (χ4n) is 8.00. The van der Waals surface area contributed by atoms with Crippen molar-refractivity contribution in [3.8, 4) is 33.9 Å². The fraction of sp³-hybridized carbons (Fsp3) is 0.0392. The molecule has 0 saturated heterocycles. The molecule has 0 bridgehead atoms. The van der Waals surface area contributed by atoms with Crippen LogP contribution < -0.4 is 0 Å². The van der Waals surface area contributed by atoms with Crippen molar-refractivity contribution in [3.05, 3.63) is 197 Å². The molecule has 10 rings (SSSR count). The topological polar surface area (TPSA) is 38.7 Å². The molecule has 3 nitrogen and oxygen atoms in total. The average molecular weight is 722 g/mol. The van der Waals surface area contributed by atoms with Gasteiger partial charge < -0.3 is 0 Å². The third-order valence-corrected chi connectivity index (χ3v) is 12.0. The first-order chi connectivity index (χ1) is 27.1. The number of benzene rings is 7. The summed E-state index contributed by atoms with van der Waals surface area (Å²) in [6.07, 6.45) is 6.99. The third kappa shape index (κ3) is 5.97. The van der Waals surface area contributed by atoms with Crippen LogP contribution in [0.2, 0.25) is 0 Å². The zero-order valence-electron chi connectivity index (χ0n) is 30.1. The Morgan fingerprint density at radius 2 is 1.00 bits per heavy atom. The second kappa shape index (κ2) is 13.6. The molecule has 1 atom stereocenters. The molecule has 4 heteroatoms. The van der Waals surface area contributed by atoms with Crippen LogP contribution in [0.1, 0.15) is 44.6 Å². The van der Waals surface area contributed by atoms with Crippen molar-refractivity contribution >= 4 is 67.5 Å². The van der Waals surface area contributed by atoms with E-state index in [1.54, 1.807) is 11.3 Å². The van der Waals surface area contributed by atoms with E-state index >= 15 is 0 Å². The summed E-state index contributed by atoms with van der Waals surface area (Å²) >= 11 is 1.75. The van der Waals surface area contributed by atoms with E-state index in [0.29, 0.717) is 11.6 Å². The minimum atomic E-state index is -0.130. The number of allylic oxidation sites excluding steroid dienone is 1. The lowest BCUT2D eigenvalue weighted by Crippen LogP contribution is -2.14. The van der Waals surface area contributed by atoms with Crippen LogP contribution in [0.5, 0.6) is 0 Å². The van der Waals surface area contributed by atoms with Gasteiger partial charge in [0.25, 0.3) is 0 Å². The number of rotatable bonds is 7. The summed E-state index contributed by atoms with van der Waals surface area (Å²) in [5.41, 5.74) is 9.06. The Labute approximate surface area is 324 Å². The highest BCUT2D eigenvalue weighted by atomic mass is 32.1. The highest BCUT2D eigenvalue weighted by molar-refractivity contribution is 7.14. The summed E-state index contributed by atoms with van der Waals surface area (Å²) in [6.45, 7) is 8.43. The lowest BCUT2D eigenvalue weighted by atomic mass is 9.81. The maximum atomic E-state index is 5.37. The van der Waals surface area contributed by atoms with Gasteiger partial charge in [0.15, 0.2) is 11.6 Å². The fourth-order valence-corrected chi connectivity index (χ4v) is 9.19. The summed E-state index contributed by atoms with van der Waals surface area (Å²) in [7, 11) is 0.